The zero-order valence-corrected chi connectivity index (χ0v) is 17.2. The molecule has 0 unspecified atom stereocenters. The normalized spacial score (nSPS) is 11.7. The molecule has 0 amide bonds. The van der Waals surface area contributed by atoms with Crippen molar-refractivity contribution in [3.63, 3.8) is 0 Å². The zero-order valence-electron chi connectivity index (χ0n) is 16.4. The third-order valence-corrected chi connectivity index (χ3v) is 6.12. The van der Waals surface area contributed by atoms with Crippen LogP contribution in [0.2, 0.25) is 0 Å². The van der Waals surface area contributed by atoms with E-state index in [0.29, 0.717) is 27.9 Å². The fraction of sp³-hybridized carbons (Fsp3) is 0.125. The number of aryl methyl sites for hydroxylation is 2. The maximum Gasteiger partial charge on any atom is 0.201 e. The molecule has 146 valence electrons. The van der Waals surface area contributed by atoms with Crippen molar-refractivity contribution < 1.29 is 12.8 Å². The average Bonchev–Trinajstić information content (AvgIpc) is 2.68. The van der Waals surface area contributed by atoms with Gasteiger partial charge in [-0.3, -0.25) is 4.79 Å². The summed E-state index contributed by atoms with van der Waals surface area (Å²) in [5.41, 5.74) is 4.40. The Bertz CT molecular complexity index is 1400. The van der Waals surface area contributed by atoms with Gasteiger partial charge in [0.05, 0.1) is 15.8 Å². The summed E-state index contributed by atoms with van der Waals surface area (Å²) in [6, 6.07) is 19.5. The minimum atomic E-state index is -3.31. The van der Waals surface area contributed by atoms with Gasteiger partial charge in [0.2, 0.25) is 5.43 Å². The largest absolute Gasteiger partial charge is 0.455 e. The van der Waals surface area contributed by atoms with Crippen molar-refractivity contribution in [1.82, 2.24) is 0 Å². The van der Waals surface area contributed by atoms with Crippen molar-refractivity contribution in [2.45, 2.75) is 18.7 Å². The molecule has 0 aliphatic carbocycles. The second-order valence-corrected chi connectivity index (χ2v) is 9.26. The molecular formula is C24H20O4S. The van der Waals surface area contributed by atoms with E-state index in [2.05, 4.69) is 0 Å². The van der Waals surface area contributed by atoms with Crippen molar-refractivity contribution in [3.05, 3.63) is 88.1 Å². The fourth-order valence-corrected chi connectivity index (χ4v) is 4.17. The molecule has 0 bridgehead atoms. The van der Waals surface area contributed by atoms with Gasteiger partial charge < -0.3 is 4.42 Å². The maximum absolute atomic E-state index is 13.4. The smallest absolute Gasteiger partial charge is 0.201 e. The SMILES string of the molecule is Cc1ccc(-c2c(-c3ccc(S(C)(=O)=O)cc3)oc3ccccc3c2=O)c(C)c1. The number of fused-ring (bicyclic) bond motifs is 1. The van der Waals surface area contributed by atoms with Gasteiger partial charge in [0.1, 0.15) is 11.3 Å². The van der Waals surface area contributed by atoms with E-state index >= 15 is 0 Å². The van der Waals surface area contributed by atoms with E-state index in [0.717, 1.165) is 16.7 Å². The van der Waals surface area contributed by atoms with E-state index in [1.807, 2.05) is 44.2 Å². The van der Waals surface area contributed by atoms with Crippen LogP contribution in [0.15, 0.2) is 80.8 Å². The Hall–Kier alpha value is -3.18. The molecular weight excluding hydrogens is 384 g/mol. The first-order chi connectivity index (χ1) is 13.8. The van der Waals surface area contributed by atoms with Crippen LogP contribution in [0.3, 0.4) is 0 Å². The molecule has 29 heavy (non-hydrogen) atoms. The Labute approximate surface area is 169 Å². The van der Waals surface area contributed by atoms with Gasteiger partial charge in [-0.2, -0.15) is 0 Å². The maximum atomic E-state index is 13.4. The van der Waals surface area contributed by atoms with Crippen LogP contribution in [0.4, 0.5) is 0 Å². The predicted octanol–water partition coefficient (Wildman–Crippen LogP) is 5.15. The lowest BCUT2D eigenvalue weighted by Crippen LogP contribution is -2.08. The highest BCUT2D eigenvalue weighted by atomic mass is 32.2. The highest BCUT2D eigenvalue weighted by Crippen LogP contribution is 2.34. The molecule has 4 rings (SSSR count). The molecule has 0 aliphatic rings. The van der Waals surface area contributed by atoms with Crippen molar-refractivity contribution in [2.24, 2.45) is 0 Å². The summed E-state index contributed by atoms with van der Waals surface area (Å²) in [4.78, 5) is 13.7. The van der Waals surface area contributed by atoms with Gasteiger partial charge >= 0.3 is 0 Å². The van der Waals surface area contributed by atoms with Gasteiger partial charge in [-0.1, -0.05) is 35.9 Å². The van der Waals surface area contributed by atoms with Crippen molar-refractivity contribution >= 4 is 20.8 Å². The van der Waals surface area contributed by atoms with E-state index in [4.69, 9.17) is 4.42 Å². The number of hydrogen-bond donors (Lipinski definition) is 0. The van der Waals surface area contributed by atoms with Gasteiger partial charge in [0.25, 0.3) is 0 Å². The van der Waals surface area contributed by atoms with Crippen LogP contribution in [-0.4, -0.2) is 14.7 Å². The molecule has 0 aliphatic heterocycles. The van der Waals surface area contributed by atoms with Gasteiger partial charge in [-0.05, 0) is 61.4 Å². The lowest BCUT2D eigenvalue weighted by Gasteiger charge is -2.13. The molecule has 4 nitrogen and oxygen atoms in total. The van der Waals surface area contributed by atoms with E-state index in [1.165, 1.54) is 18.4 Å². The molecule has 5 heteroatoms. The zero-order chi connectivity index (χ0) is 20.8. The molecule has 3 aromatic carbocycles. The Morgan fingerprint density at radius 2 is 1.55 bits per heavy atom. The van der Waals surface area contributed by atoms with Crippen LogP contribution < -0.4 is 5.43 Å². The van der Waals surface area contributed by atoms with Crippen LogP contribution in [0, 0.1) is 13.8 Å². The Kier molecular flexibility index (Phi) is 4.63. The van der Waals surface area contributed by atoms with Crippen molar-refractivity contribution in [3.8, 4) is 22.5 Å². The van der Waals surface area contributed by atoms with E-state index in [-0.39, 0.29) is 10.3 Å². The van der Waals surface area contributed by atoms with Crippen LogP contribution in [-0.2, 0) is 9.84 Å². The topological polar surface area (TPSA) is 64.3 Å². The van der Waals surface area contributed by atoms with Crippen LogP contribution in [0.5, 0.6) is 0 Å². The molecule has 0 spiro atoms. The fourth-order valence-electron chi connectivity index (χ4n) is 3.54. The molecule has 0 N–H and O–H groups in total. The molecule has 0 atom stereocenters. The number of sulfone groups is 1. The molecule has 4 aromatic rings. The Morgan fingerprint density at radius 1 is 0.862 bits per heavy atom. The number of hydrogen-bond acceptors (Lipinski definition) is 4. The number of para-hydroxylation sites is 1. The first-order valence-electron chi connectivity index (χ1n) is 9.19. The van der Waals surface area contributed by atoms with Crippen molar-refractivity contribution in [2.75, 3.05) is 6.26 Å². The van der Waals surface area contributed by atoms with Crippen LogP contribution in [0.1, 0.15) is 11.1 Å². The minimum Gasteiger partial charge on any atom is -0.455 e. The van der Waals surface area contributed by atoms with Crippen molar-refractivity contribution in [1.29, 1.82) is 0 Å². The molecule has 0 radical (unpaired) electrons. The standard InChI is InChI=1S/C24H20O4S/c1-15-8-13-19(16(2)14-15)22-23(25)20-6-4-5-7-21(20)28-24(22)17-9-11-18(12-10-17)29(3,26)27/h4-14H,1-3H3. The van der Waals surface area contributed by atoms with Crippen LogP contribution >= 0.6 is 0 Å². The number of rotatable bonds is 3. The summed E-state index contributed by atoms with van der Waals surface area (Å²) in [6.07, 6.45) is 1.17. The first-order valence-corrected chi connectivity index (χ1v) is 11.1. The summed E-state index contributed by atoms with van der Waals surface area (Å²) in [5.74, 6) is 0.431. The summed E-state index contributed by atoms with van der Waals surface area (Å²) >= 11 is 0. The highest BCUT2D eigenvalue weighted by Gasteiger charge is 2.19. The minimum absolute atomic E-state index is 0.110. The molecule has 0 saturated heterocycles. The number of benzene rings is 3. The Balaban J connectivity index is 2.06. The lowest BCUT2D eigenvalue weighted by atomic mass is 9.94. The van der Waals surface area contributed by atoms with E-state index in [9.17, 15) is 13.2 Å². The predicted molar refractivity (Wildman–Crippen MR) is 116 cm³/mol. The van der Waals surface area contributed by atoms with Gasteiger partial charge in [0, 0.05) is 11.8 Å². The molecule has 1 heterocycles. The second-order valence-electron chi connectivity index (χ2n) is 7.25. The van der Waals surface area contributed by atoms with Gasteiger partial charge in [0.15, 0.2) is 9.84 Å². The van der Waals surface area contributed by atoms with E-state index < -0.39 is 9.84 Å². The second kappa shape index (κ2) is 7.01. The highest BCUT2D eigenvalue weighted by molar-refractivity contribution is 7.90. The quantitative estimate of drug-likeness (QED) is 0.474. The van der Waals surface area contributed by atoms with Gasteiger partial charge in [-0.25, -0.2) is 8.42 Å². The summed E-state index contributed by atoms with van der Waals surface area (Å²) in [6.45, 7) is 3.97. The third-order valence-electron chi connectivity index (χ3n) is 4.99. The van der Waals surface area contributed by atoms with E-state index in [1.54, 1.807) is 24.3 Å². The molecule has 0 saturated carbocycles. The summed E-state index contributed by atoms with van der Waals surface area (Å²) in [5, 5.41) is 0.513. The van der Waals surface area contributed by atoms with Gasteiger partial charge in [-0.15, -0.1) is 0 Å². The summed E-state index contributed by atoms with van der Waals surface area (Å²) in [7, 11) is -3.31. The summed E-state index contributed by atoms with van der Waals surface area (Å²) < 4.78 is 29.8. The third kappa shape index (κ3) is 3.49. The monoisotopic (exact) mass is 404 g/mol. The first kappa shape index (κ1) is 19.2. The van der Waals surface area contributed by atoms with Crippen LogP contribution in [0.25, 0.3) is 33.4 Å². The molecule has 0 fully saturated rings. The average molecular weight is 404 g/mol. The molecule has 1 aromatic heterocycles. The Morgan fingerprint density at radius 3 is 2.21 bits per heavy atom. The lowest BCUT2D eigenvalue weighted by molar-refractivity contribution is 0.601.